The summed E-state index contributed by atoms with van der Waals surface area (Å²) in [6.45, 7) is 6.14. The summed E-state index contributed by atoms with van der Waals surface area (Å²) >= 11 is 0. The Bertz CT molecular complexity index is 603. The molecule has 0 aliphatic rings. The molecule has 1 N–H and O–H groups in total. The maximum absolute atomic E-state index is 9.45. The molecule has 2 aromatic rings. The largest absolute Gasteiger partial charge is 0.366 e. The first-order chi connectivity index (χ1) is 9.11. The zero-order valence-corrected chi connectivity index (χ0v) is 11.6. The van der Waals surface area contributed by atoms with Crippen LogP contribution in [0.2, 0.25) is 0 Å². The predicted molar refractivity (Wildman–Crippen MR) is 79.1 cm³/mol. The number of anilines is 1. The lowest BCUT2D eigenvalue weighted by molar-refractivity contribution is 0.965. The number of aryl methyl sites for hydroxylation is 3. The van der Waals surface area contributed by atoms with E-state index in [0.717, 1.165) is 22.4 Å². The molecule has 0 amide bonds. The molecule has 0 spiro atoms. The van der Waals surface area contributed by atoms with Gasteiger partial charge in [-0.05, 0) is 55.2 Å². The second-order valence-corrected chi connectivity index (χ2v) is 4.88. The molecule has 2 rings (SSSR count). The molecule has 19 heavy (non-hydrogen) atoms. The van der Waals surface area contributed by atoms with E-state index < -0.39 is 0 Å². The van der Waals surface area contributed by atoms with Gasteiger partial charge in [0, 0.05) is 5.69 Å². The van der Waals surface area contributed by atoms with Gasteiger partial charge in [-0.2, -0.15) is 5.26 Å². The van der Waals surface area contributed by atoms with E-state index in [1.54, 1.807) is 0 Å². The molecule has 2 aromatic carbocycles. The average molecular weight is 250 g/mol. The predicted octanol–water partition coefficient (Wildman–Crippen LogP) is 4.29. The lowest BCUT2D eigenvalue weighted by Gasteiger charge is -2.18. The zero-order chi connectivity index (χ0) is 13.8. The molecule has 1 unspecified atom stereocenters. The van der Waals surface area contributed by atoms with Gasteiger partial charge in [-0.1, -0.05) is 30.3 Å². The van der Waals surface area contributed by atoms with Gasteiger partial charge in [-0.25, -0.2) is 0 Å². The van der Waals surface area contributed by atoms with Gasteiger partial charge in [-0.3, -0.25) is 0 Å². The fourth-order valence-electron chi connectivity index (χ4n) is 2.35. The molecule has 0 bridgehead atoms. The fourth-order valence-corrected chi connectivity index (χ4v) is 2.35. The van der Waals surface area contributed by atoms with Crippen LogP contribution in [-0.2, 0) is 0 Å². The number of benzene rings is 2. The van der Waals surface area contributed by atoms with Crippen LogP contribution in [0.4, 0.5) is 5.69 Å². The molecule has 0 fully saturated rings. The lowest BCUT2D eigenvalue weighted by atomic mass is 9.96. The molecule has 96 valence electrons. The fraction of sp³-hybridized carbons (Fsp3) is 0.235. The molecule has 0 aliphatic carbocycles. The summed E-state index contributed by atoms with van der Waals surface area (Å²) in [6, 6.07) is 16.2. The Morgan fingerprint density at radius 2 is 1.63 bits per heavy atom. The Morgan fingerprint density at radius 1 is 1.00 bits per heavy atom. The number of nitrogens with one attached hydrogen (secondary N) is 1. The SMILES string of the molecule is Cc1cccc(NC(C#N)c2c(C)cccc2C)c1. The van der Waals surface area contributed by atoms with E-state index in [2.05, 4.69) is 17.5 Å². The van der Waals surface area contributed by atoms with Gasteiger partial charge in [0.25, 0.3) is 0 Å². The van der Waals surface area contributed by atoms with Gasteiger partial charge < -0.3 is 5.32 Å². The first-order valence-corrected chi connectivity index (χ1v) is 6.41. The van der Waals surface area contributed by atoms with Gasteiger partial charge in [0.15, 0.2) is 0 Å². The molecule has 2 nitrogen and oxygen atoms in total. The number of nitriles is 1. The van der Waals surface area contributed by atoms with Crippen molar-refractivity contribution in [3.8, 4) is 6.07 Å². The van der Waals surface area contributed by atoms with Crippen LogP contribution in [0.15, 0.2) is 42.5 Å². The van der Waals surface area contributed by atoms with Crippen molar-refractivity contribution in [3.05, 3.63) is 64.7 Å². The van der Waals surface area contributed by atoms with Crippen molar-refractivity contribution in [2.45, 2.75) is 26.8 Å². The Morgan fingerprint density at radius 3 is 2.21 bits per heavy atom. The molecular weight excluding hydrogens is 232 g/mol. The van der Waals surface area contributed by atoms with E-state index in [4.69, 9.17) is 0 Å². The normalized spacial score (nSPS) is 11.7. The van der Waals surface area contributed by atoms with Crippen molar-refractivity contribution in [2.24, 2.45) is 0 Å². The molecule has 0 aliphatic heterocycles. The second-order valence-electron chi connectivity index (χ2n) is 4.88. The first-order valence-electron chi connectivity index (χ1n) is 6.41. The maximum atomic E-state index is 9.45. The third kappa shape index (κ3) is 2.95. The third-order valence-electron chi connectivity index (χ3n) is 3.29. The van der Waals surface area contributed by atoms with Crippen molar-refractivity contribution < 1.29 is 0 Å². The van der Waals surface area contributed by atoms with Gasteiger partial charge in [0.2, 0.25) is 0 Å². The highest BCUT2D eigenvalue weighted by atomic mass is 14.9. The second kappa shape index (κ2) is 5.58. The lowest BCUT2D eigenvalue weighted by Crippen LogP contribution is -2.11. The minimum atomic E-state index is -0.317. The van der Waals surface area contributed by atoms with Crippen LogP contribution in [0.1, 0.15) is 28.3 Å². The molecule has 1 atom stereocenters. The summed E-state index contributed by atoms with van der Waals surface area (Å²) in [6.07, 6.45) is 0. The van der Waals surface area contributed by atoms with E-state index in [0.29, 0.717) is 0 Å². The van der Waals surface area contributed by atoms with Crippen molar-refractivity contribution in [1.82, 2.24) is 0 Å². The van der Waals surface area contributed by atoms with Crippen molar-refractivity contribution in [1.29, 1.82) is 5.26 Å². The number of rotatable bonds is 3. The molecule has 0 heterocycles. The molecule has 0 radical (unpaired) electrons. The summed E-state index contributed by atoms with van der Waals surface area (Å²) in [4.78, 5) is 0. The standard InChI is InChI=1S/C17H18N2/c1-12-6-4-9-15(10-12)19-16(11-18)17-13(2)7-5-8-14(17)3/h4-10,16,19H,1-3H3. The number of hydrogen-bond acceptors (Lipinski definition) is 2. The highest BCUT2D eigenvalue weighted by Gasteiger charge is 2.15. The van der Waals surface area contributed by atoms with Crippen molar-refractivity contribution in [2.75, 3.05) is 5.32 Å². The van der Waals surface area contributed by atoms with Crippen LogP contribution in [-0.4, -0.2) is 0 Å². The smallest absolute Gasteiger partial charge is 0.140 e. The third-order valence-corrected chi connectivity index (χ3v) is 3.29. The highest BCUT2D eigenvalue weighted by Crippen LogP contribution is 2.25. The van der Waals surface area contributed by atoms with E-state index >= 15 is 0 Å². The zero-order valence-electron chi connectivity index (χ0n) is 11.6. The summed E-state index contributed by atoms with van der Waals surface area (Å²) in [5.41, 5.74) is 5.53. The Kier molecular flexibility index (Phi) is 3.87. The quantitative estimate of drug-likeness (QED) is 0.882. The van der Waals surface area contributed by atoms with Crippen molar-refractivity contribution in [3.63, 3.8) is 0 Å². The minimum absolute atomic E-state index is 0.317. The van der Waals surface area contributed by atoms with E-state index in [1.165, 1.54) is 5.56 Å². The van der Waals surface area contributed by atoms with Gasteiger partial charge in [-0.15, -0.1) is 0 Å². The van der Waals surface area contributed by atoms with Gasteiger partial charge in [0.05, 0.1) is 6.07 Å². The topological polar surface area (TPSA) is 35.8 Å². The Labute approximate surface area is 114 Å². The van der Waals surface area contributed by atoms with E-state index in [9.17, 15) is 5.26 Å². The van der Waals surface area contributed by atoms with E-state index in [1.807, 2.05) is 57.2 Å². The monoisotopic (exact) mass is 250 g/mol. The average Bonchev–Trinajstić information content (AvgIpc) is 2.37. The minimum Gasteiger partial charge on any atom is -0.366 e. The first kappa shape index (κ1) is 13.2. The van der Waals surface area contributed by atoms with Crippen molar-refractivity contribution >= 4 is 5.69 Å². The van der Waals surface area contributed by atoms with Crippen LogP contribution < -0.4 is 5.32 Å². The summed E-state index contributed by atoms with van der Waals surface area (Å²) in [5, 5.41) is 12.8. The van der Waals surface area contributed by atoms with Crippen LogP contribution in [0, 0.1) is 32.1 Å². The van der Waals surface area contributed by atoms with Crippen LogP contribution >= 0.6 is 0 Å². The summed E-state index contributed by atoms with van der Waals surface area (Å²) in [5.74, 6) is 0. The number of nitrogens with zero attached hydrogens (tertiary/aromatic N) is 1. The molecule has 0 saturated heterocycles. The molecule has 2 heteroatoms. The summed E-state index contributed by atoms with van der Waals surface area (Å²) in [7, 11) is 0. The highest BCUT2D eigenvalue weighted by molar-refractivity contribution is 5.51. The summed E-state index contributed by atoms with van der Waals surface area (Å²) < 4.78 is 0. The number of hydrogen-bond donors (Lipinski definition) is 1. The van der Waals surface area contributed by atoms with Crippen LogP contribution in [0.3, 0.4) is 0 Å². The van der Waals surface area contributed by atoms with E-state index in [-0.39, 0.29) is 6.04 Å². The molecule has 0 aromatic heterocycles. The Balaban J connectivity index is 2.34. The maximum Gasteiger partial charge on any atom is 0.140 e. The van der Waals surface area contributed by atoms with Crippen LogP contribution in [0.5, 0.6) is 0 Å². The van der Waals surface area contributed by atoms with Gasteiger partial charge >= 0.3 is 0 Å². The molecule has 0 saturated carbocycles. The van der Waals surface area contributed by atoms with Gasteiger partial charge in [0.1, 0.15) is 6.04 Å². The van der Waals surface area contributed by atoms with Crippen LogP contribution in [0.25, 0.3) is 0 Å². The molecular formula is C17H18N2. The Hall–Kier alpha value is -2.27.